The number of ether oxygens (including phenoxy) is 4. The lowest BCUT2D eigenvalue weighted by atomic mass is 10.1. The van der Waals surface area contributed by atoms with Gasteiger partial charge in [-0.2, -0.15) is 0 Å². The van der Waals surface area contributed by atoms with Crippen LogP contribution in [0.5, 0.6) is 17.2 Å². The number of rotatable bonds is 9. The Bertz CT molecular complexity index is 833. The number of carbonyl (C=O) groups excluding carboxylic acids is 1. The molecule has 0 saturated carbocycles. The molecule has 7 heteroatoms. The number of piperazine rings is 1. The molecule has 0 radical (unpaired) electrons. The van der Waals surface area contributed by atoms with Crippen LogP contribution in [-0.4, -0.2) is 75.9 Å². The van der Waals surface area contributed by atoms with Crippen molar-refractivity contribution in [2.24, 2.45) is 0 Å². The minimum Gasteiger partial charge on any atom is -0.493 e. The highest BCUT2D eigenvalue weighted by molar-refractivity contribution is 5.95. The fourth-order valence-electron chi connectivity index (χ4n) is 3.90. The molecule has 0 spiro atoms. The van der Waals surface area contributed by atoms with Crippen LogP contribution in [0, 0.1) is 0 Å². The molecule has 1 fully saturated rings. The number of amides is 1. The summed E-state index contributed by atoms with van der Waals surface area (Å²) in [4.78, 5) is 17.6. The fraction of sp³-hybridized carbons (Fsp3) is 0.458. The number of methoxy groups -OCH3 is 3. The minimum atomic E-state index is -0.0555. The van der Waals surface area contributed by atoms with E-state index in [1.165, 1.54) is 5.56 Å². The first kappa shape index (κ1) is 22.9. The molecule has 7 nitrogen and oxygen atoms in total. The van der Waals surface area contributed by atoms with Crippen molar-refractivity contribution < 1.29 is 23.7 Å². The standard InChI is InChI=1S/C24H32N2O5/c1-5-31-17-20-16-26(12-11-25(20)15-18-9-7-6-8-10-18)24(27)19-13-21(28-2)23(30-4)22(14-19)29-3/h6-10,13-14,20H,5,11-12,15-17H2,1-4H3. The first-order chi connectivity index (χ1) is 15.1. The highest BCUT2D eigenvalue weighted by atomic mass is 16.5. The van der Waals surface area contributed by atoms with Crippen LogP contribution in [-0.2, 0) is 11.3 Å². The van der Waals surface area contributed by atoms with Gasteiger partial charge in [-0.15, -0.1) is 0 Å². The molecule has 3 rings (SSSR count). The van der Waals surface area contributed by atoms with E-state index in [0.717, 1.165) is 13.1 Å². The lowest BCUT2D eigenvalue weighted by Gasteiger charge is -2.41. The predicted octanol–water partition coefficient (Wildman–Crippen LogP) is 3.08. The van der Waals surface area contributed by atoms with Gasteiger partial charge in [0.25, 0.3) is 5.91 Å². The molecule has 1 aliphatic heterocycles. The van der Waals surface area contributed by atoms with Crippen molar-refractivity contribution in [3.05, 3.63) is 53.6 Å². The average Bonchev–Trinajstić information content (AvgIpc) is 2.82. The monoisotopic (exact) mass is 428 g/mol. The van der Waals surface area contributed by atoms with E-state index in [-0.39, 0.29) is 11.9 Å². The van der Waals surface area contributed by atoms with Crippen LogP contribution >= 0.6 is 0 Å². The van der Waals surface area contributed by atoms with Gasteiger partial charge in [-0.3, -0.25) is 9.69 Å². The van der Waals surface area contributed by atoms with E-state index in [1.807, 2.05) is 17.9 Å². The third kappa shape index (κ3) is 5.48. The zero-order valence-corrected chi connectivity index (χ0v) is 18.8. The molecule has 1 atom stereocenters. The summed E-state index contributed by atoms with van der Waals surface area (Å²) >= 11 is 0. The first-order valence-electron chi connectivity index (χ1n) is 10.6. The molecule has 0 bridgehead atoms. The number of hydrogen-bond acceptors (Lipinski definition) is 6. The van der Waals surface area contributed by atoms with Gasteiger partial charge in [0.05, 0.1) is 34.0 Å². The molecule has 1 heterocycles. The maximum Gasteiger partial charge on any atom is 0.254 e. The minimum absolute atomic E-state index is 0.0555. The fourth-order valence-corrected chi connectivity index (χ4v) is 3.90. The highest BCUT2D eigenvalue weighted by Crippen LogP contribution is 2.38. The molecule has 1 saturated heterocycles. The average molecular weight is 429 g/mol. The van der Waals surface area contributed by atoms with Crippen molar-refractivity contribution in [3.8, 4) is 17.2 Å². The van der Waals surface area contributed by atoms with Gasteiger partial charge in [-0.25, -0.2) is 0 Å². The quantitative estimate of drug-likeness (QED) is 0.612. The third-order valence-electron chi connectivity index (χ3n) is 5.55. The predicted molar refractivity (Wildman–Crippen MR) is 119 cm³/mol. The summed E-state index contributed by atoms with van der Waals surface area (Å²) in [6.07, 6.45) is 0. The molecular formula is C24H32N2O5. The van der Waals surface area contributed by atoms with Gasteiger partial charge in [0.2, 0.25) is 5.75 Å². The highest BCUT2D eigenvalue weighted by Gasteiger charge is 2.31. The smallest absolute Gasteiger partial charge is 0.254 e. The molecule has 168 valence electrons. The Morgan fingerprint density at radius 2 is 1.68 bits per heavy atom. The molecule has 0 aliphatic carbocycles. The summed E-state index contributed by atoms with van der Waals surface area (Å²) in [5.74, 6) is 1.36. The molecule has 2 aromatic carbocycles. The Kier molecular flexibility index (Phi) is 8.14. The van der Waals surface area contributed by atoms with Crippen LogP contribution in [0.3, 0.4) is 0 Å². The van der Waals surface area contributed by atoms with E-state index in [0.29, 0.717) is 49.1 Å². The largest absolute Gasteiger partial charge is 0.493 e. The number of nitrogens with zero attached hydrogens (tertiary/aromatic N) is 2. The molecule has 0 aromatic heterocycles. The maximum absolute atomic E-state index is 13.3. The van der Waals surface area contributed by atoms with E-state index in [4.69, 9.17) is 18.9 Å². The maximum atomic E-state index is 13.3. The van der Waals surface area contributed by atoms with Gasteiger partial charge in [0.15, 0.2) is 11.5 Å². The SMILES string of the molecule is CCOCC1CN(C(=O)c2cc(OC)c(OC)c(OC)c2)CCN1Cc1ccccc1. The van der Waals surface area contributed by atoms with E-state index >= 15 is 0 Å². The van der Waals surface area contributed by atoms with Crippen LogP contribution in [0.2, 0.25) is 0 Å². The lowest BCUT2D eigenvalue weighted by Crippen LogP contribution is -2.56. The summed E-state index contributed by atoms with van der Waals surface area (Å²) in [5, 5.41) is 0. The van der Waals surface area contributed by atoms with Crippen LogP contribution in [0.25, 0.3) is 0 Å². The molecule has 1 unspecified atom stereocenters. The topological polar surface area (TPSA) is 60.5 Å². The Labute approximate surface area is 184 Å². The van der Waals surface area contributed by atoms with Gasteiger partial charge in [-0.1, -0.05) is 30.3 Å². The lowest BCUT2D eigenvalue weighted by molar-refractivity contribution is 0.00997. The van der Waals surface area contributed by atoms with E-state index < -0.39 is 0 Å². The van der Waals surface area contributed by atoms with Gasteiger partial charge < -0.3 is 23.8 Å². The van der Waals surface area contributed by atoms with Crippen LogP contribution < -0.4 is 14.2 Å². The zero-order valence-electron chi connectivity index (χ0n) is 18.8. The molecule has 31 heavy (non-hydrogen) atoms. The summed E-state index contributed by atoms with van der Waals surface area (Å²) in [6.45, 7) is 6.09. The second-order valence-electron chi connectivity index (χ2n) is 7.43. The summed E-state index contributed by atoms with van der Waals surface area (Å²) in [6, 6.07) is 13.9. The second-order valence-corrected chi connectivity index (χ2v) is 7.43. The van der Waals surface area contributed by atoms with Crippen molar-refractivity contribution in [2.45, 2.75) is 19.5 Å². The van der Waals surface area contributed by atoms with Crippen molar-refractivity contribution >= 4 is 5.91 Å². The van der Waals surface area contributed by atoms with Gasteiger partial charge in [-0.05, 0) is 24.6 Å². The van der Waals surface area contributed by atoms with E-state index in [2.05, 4.69) is 29.2 Å². The van der Waals surface area contributed by atoms with Gasteiger partial charge in [0.1, 0.15) is 0 Å². The van der Waals surface area contributed by atoms with Crippen LogP contribution in [0.4, 0.5) is 0 Å². The zero-order chi connectivity index (χ0) is 22.2. The van der Waals surface area contributed by atoms with Crippen molar-refractivity contribution in [1.82, 2.24) is 9.80 Å². The van der Waals surface area contributed by atoms with Gasteiger partial charge >= 0.3 is 0 Å². The second kappa shape index (κ2) is 11.0. The molecule has 2 aromatic rings. The number of carbonyl (C=O) groups is 1. The van der Waals surface area contributed by atoms with Crippen molar-refractivity contribution in [1.29, 1.82) is 0 Å². The van der Waals surface area contributed by atoms with Gasteiger partial charge in [0, 0.05) is 38.3 Å². The Morgan fingerprint density at radius 3 is 2.26 bits per heavy atom. The Hall–Kier alpha value is -2.77. The Morgan fingerprint density at radius 1 is 1.00 bits per heavy atom. The van der Waals surface area contributed by atoms with E-state index in [9.17, 15) is 4.79 Å². The van der Waals surface area contributed by atoms with Crippen LogP contribution in [0.1, 0.15) is 22.8 Å². The molecule has 1 amide bonds. The Balaban J connectivity index is 1.78. The molecule has 1 aliphatic rings. The molecular weight excluding hydrogens is 396 g/mol. The molecule has 0 N–H and O–H groups in total. The number of hydrogen-bond donors (Lipinski definition) is 0. The van der Waals surface area contributed by atoms with Crippen molar-refractivity contribution in [2.75, 3.05) is 54.2 Å². The van der Waals surface area contributed by atoms with Crippen LogP contribution in [0.15, 0.2) is 42.5 Å². The summed E-state index contributed by atoms with van der Waals surface area (Å²) < 4.78 is 21.9. The van der Waals surface area contributed by atoms with E-state index in [1.54, 1.807) is 33.5 Å². The first-order valence-corrected chi connectivity index (χ1v) is 10.6. The third-order valence-corrected chi connectivity index (χ3v) is 5.55. The summed E-state index contributed by atoms with van der Waals surface area (Å²) in [7, 11) is 4.64. The van der Waals surface area contributed by atoms with Crippen molar-refractivity contribution in [3.63, 3.8) is 0 Å². The number of benzene rings is 2. The normalized spacial score (nSPS) is 16.8. The summed E-state index contributed by atoms with van der Waals surface area (Å²) in [5.41, 5.74) is 1.77.